The van der Waals surface area contributed by atoms with Gasteiger partial charge in [-0.1, -0.05) is 6.42 Å². The molecule has 21 heavy (non-hydrogen) atoms. The highest BCUT2D eigenvalue weighted by molar-refractivity contribution is 7.89. The first-order chi connectivity index (χ1) is 9.83. The van der Waals surface area contributed by atoms with Gasteiger partial charge in [0.25, 0.3) is 5.56 Å². The maximum atomic E-state index is 12.4. The van der Waals surface area contributed by atoms with E-state index in [0.29, 0.717) is 6.54 Å². The van der Waals surface area contributed by atoms with Gasteiger partial charge in [0, 0.05) is 32.9 Å². The van der Waals surface area contributed by atoms with Crippen molar-refractivity contribution in [2.75, 3.05) is 13.1 Å². The Morgan fingerprint density at radius 1 is 1.29 bits per heavy atom. The summed E-state index contributed by atoms with van der Waals surface area (Å²) in [7, 11) is -1.28. The van der Waals surface area contributed by atoms with E-state index in [4.69, 9.17) is 0 Å². The summed E-state index contributed by atoms with van der Waals surface area (Å²) in [4.78, 5) is 23.2. The number of hydrogen-bond acceptors (Lipinski definition) is 5. The molecule has 1 saturated heterocycles. The van der Waals surface area contributed by atoms with E-state index >= 15 is 0 Å². The first-order valence-corrected chi connectivity index (χ1v) is 8.31. The smallest absolute Gasteiger partial charge is 0.315 e. The van der Waals surface area contributed by atoms with E-state index in [1.807, 2.05) is 0 Å². The van der Waals surface area contributed by atoms with Crippen LogP contribution >= 0.6 is 0 Å². The van der Waals surface area contributed by atoms with Gasteiger partial charge in [0.2, 0.25) is 10.0 Å². The molecule has 0 amide bonds. The lowest BCUT2D eigenvalue weighted by atomic mass is 10.2. The van der Waals surface area contributed by atoms with Crippen LogP contribution in [0.3, 0.4) is 0 Å². The Balaban J connectivity index is 2.36. The van der Waals surface area contributed by atoms with Crippen molar-refractivity contribution >= 4 is 10.0 Å². The van der Waals surface area contributed by atoms with E-state index in [0.717, 1.165) is 41.1 Å². The average Bonchev–Trinajstić information content (AvgIpc) is 2.68. The number of sulfonamides is 1. The summed E-state index contributed by atoms with van der Waals surface area (Å²) in [6, 6.07) is -0.251. The molecule has 0 radical (unpaired) electrons. The number of nitrogens with zero attached hydrogens (tertiary/aromatic N) is 2. The van der Waals surface area contributed by atoms with Crippen molar-refractivity contribution < 1.29 is 8.42 Å². The summed E-state index contributed by atoms with van der Waals surface area (Å²) in [6.45, 7) is 1.39. The van der Waals surface area contributed by atoms with Crippen LogP contribution in [0.5, 0.6) is 0 Å². The molecule has 0 bridgehead atoms. The molecule has 1 aromatic rings. The number of rotatable bonds is 3. The van der Waals surface area contributed by atoms with Crippen molar-refractivity contribution in [3.63, 3.8) is 0 Å². The summed E-state index contributed by atoms with van der Waals surface area (Å²) < 4.78 is 29.2. The van der Waals surface area contributed by atoms with E-state index in [1.54, 1.807) is 0 Å². The van der Waals surface area contributed by atoms with Gasteiger partial charge in [-0.25, -0.2) is 17.9 Å². The predicted molar refractivity (Wildman–Crippen MR) is 77.8 cm³/mol. The fourth-order valence-electron chi connectivity index (χ4n) is 2.36. The lowest BCUT2D eigenvalue weighted by molar-refractivity contribution is 0.517. The highest BCUT2D eigenvalue weighted by atomic mass is 32.2. The molecule has 0 aliphatic carbocycles. The van der Waals surface area contributed by atoms with Crippen LogP contribution in [-0.2, 0) is 24.1 Å². The minimum absolute atomic E-state index is 0.251. The van der Waals surface area contributed by atoms with Gasteiger partial charge in [-0.05, 0) is 19.4 Å². The van der Waals surface area contributed by atoms with Gasteiger partial charge in [-0.15, -0.1) is 0 Å². The van der Waals surface area contributed by atoms with Crippen LogP contribution in [0.1, 0.15) is 19.3 Å². The maximum absolute atomic E-state index is 12.4. The zero-order valence-corrected chi connectivity index (χ0v) is 12.9. The maximum Gasteiger partial charge on any atom is 0.330 e. The van der Waals surface area contributed by atoms with Crippen molar-refractivity contribution in [1.82, 2.24) is 19.2 Å². The van der Waals surface area contributed by atoms with Crippen molar-refractivity contribution in [2.45, 2.75) is 30.2 Å². The number of hydrogen-bond donors (Lipinski definition) is 2. The number of aromatic nitrogens is 2. The SMILES string of the molecule is Cn1cc(S(=O)(=O)NC2CCCCNC2)c(=O)n(C)c1=O. The van der Waals surface area contributed by atoms with Gasteiger partial charge in [0.1, 0.15) is 0 Å². The monoisotopic (exact) mass is 316 g/mol. The number of aryl methyl sites for hydroxylation is 1. The van der Waals surface area contributed by atoms with Gasteiger partial charge in [0.05, 0.1) is 0 Å². The van der Waals surface area contributed by atoms with Crippen LogP contribution in [0.25, 0.3) is 0 Å². The zero-order valence-electron chi connectivity index (χ0n) is 12.1. The average molecular weight is 316 g/mol. The second-order valence-corrected chi connectivity index (χ2v) is 6.95. The normalized spacial score (nSPS) is 20.2. The van der Waals surface area contributed by atoms with Crippen LogP contribution in [-0.4, -0.2) is 36.7 Å². The second-order valence-electron chi connectivity index (χ2n) is 5.27. The summed E-state index contributed by atoms with van der Waals surface area (Å²) in [5.74, 6) is 0. The molecule has 1 unspecified atom stereocenters. The fourth-order valence-corrected chi connectivity index (χ4v) is 3.79. The standard InChI is InChI=1S/C12H20N4O4S/c1-15-8-10(11(17)16(2)12(15)18)21(19,20)14-9-5-3-4-6-13-7-9/h8-9,13-14H,3-7H2,1-2H3. The van der Waals surface area contributed by atoms with Crippen molar-refractivity contribution in [1.29, 1.82) is 0 Å². The summed E-state index contributed by atoms with van der Waals surface area (Å²) in [6.07, 6.45) is 3.71. The Morgan fingerprint density at radius 2 is 2.00 bits per heavy atom. The molecule has 2 rings (SSSR count). The van der Waals surface area contributed by atoms with Crippen LogP contribution < -0.4 is 21.3 Å². The molecule has 118 valence electrons. The molecular weight excluding hydrogens is 296 g/mol. The third kappa shape index (κ3) is 3.42. The fraction of sp³-hybridized carbons (Fsp3) is 0.667. The molecule has 1 aromatic heterocycles. The highest BCUT2D eigenvalue weighted by Gasteiger charge is 2.25. The largest absolute Gasteiger partial charge is 0.330 e. The van der Waals surface area contributed by atoms with Crippen LogP contribution in [0.15, 0.2) is 20.7 Å². The lowest BCUT2D eigenvalue weighted by Gasteiger charge is -2.16. The molecule has 1 atom stereocenters. The van der Waals surface area contributed by atoms with Crippen LogP contribution in [0.2, 0.25) is 0 Å². The molecule has 8 nitrogen and oxygen atoms in total. The molecule has 0 spiro atoms. The van der Waals surface area contributed by atoms with Crippen molar-refractivity contribution in [3.05, 3.63) is 27.0 Å². The van der Waals surface area contributed by atoms with E-state index in [-0.39, 0.29) is 6.04 Å². The summed E-state index contributed by atoms with van der Waals surface area (Å²) >= 11 is 0. The van der Waals surface area contributed by atoms with E-state index in [1.165, 1.54) is 14.1 Å². The summed E-state index contributed by atoms with van der Waals surface area (Å²) in [5, 5.41) is 3.15. The topological polar surface area (TPSA) is 102 Å². The first kappa shape index (κ1) is 15.9. The van der Waals surface area contributed by atoms with Gasteiger partial charge >= 0.3 is 5.69 Å². The van der Waals surface area contributed by atoms with E-state index in [9.17, 15) is 18.0 Å². The molecule has 1 aliphatic heterocycles. The Labute approximate surface area is 122 Å². The van der Waals surface area contributed by atoms with Gasteiger partial charge in [0.15, 0.2) is 4.90 Å². The summed E-state index contributed by atoms with van der Waals surface area (Å²) in [5.41, 5.74) is -1.37. The first-order valence-electron chi connectivity index (χ1n) is 6.82. The molecule has 2 heterocycles. The van der Waals surface area contributed by atoms with Gasteiger partial charge < -0.3 is 9.88 Å². The third-order valence-corrected chi connectivity index (χ3v) is 5.08. The number of nitrogens with one attached hydrogen (secondary N) is 2. The Kier molecular flexibility index (Phi) is 4.64. The Bertz CT molecular complexity index is 727. The Hall–Kier alpha value is -1.45. The molecule has 1 fully saturated rings. The van der Waals surface area contributed by atoms with Crippen LogP contribution in [0.4, 0.5) is 0 Å². The van der Waals surface area contributed by atoms with E-state index in [2.05, 4.69) is 10.0 Å². The Morgan fingerprint density at radius 3 is 2.71 bits per heavy atom. The van der Waals surface area contributed by atoms with Crippen molar-refractivity contribution in [3.8, 4) is 0 Å². The third-order valence-electron chi connectivity index (χ3n) is 3.57. The van der Waals surface area contributed by atoms with Crippen LogP contribution in [0, 0.1) is 0 Å². The molecule has 2 N–H and O–H groups in total. The minimum atomic E-state index is -3.95. The quantitative estimate of drug-likeness (QED) is 0.707. The van der Waals surface area contributed by atoms with Gasteiger partial charge in [-0.3, -0.25) is 9.36 Å². The highest BCUT2D eigenvalue weighted by Crippen LogP contribution is 2.08. The molecular formula is C12H20N4O4S. The second kappa shape index (κ2) is 6.12. The molecule has 9 heteroatoms. The van der Waals surface area contributed by atoms with Gasteiger partial charge in [-0.2, -0.15) is 0 Å². The molecule has 0 aromatic carbocycles. The lowest BCUT2D eigenvalue weighted by Crippen LogP contribution is -2.45. The molecule has 1 aliphatic rings. The molecule has 0 saturated carbocycles. The zero-order chi connectivity index (χ0) is 15.6. The van der Waals surface area contributed by atoms with Crippen molar-refractivity contribution in [2.24, 2.45) is 14.1 Å². The van der Waals surface area contributed by atoms with E-state index < -0.39 is 26.2 Å². The minimum Gasteiger partial charge on any atom is -0.315 e. The predicted octanol–water partition coefficient (Wildman–Crippen LogP) is -1.50.